The molecule has 1 amide bonds. The summed E-state index contributed by atoms with van der Waals surface area (Å²) < 4.78 is 17.3. The predicted octanol–water partition coefficient (Wildman–Crippen LogP) is 7.79. The molecule has 8 nitrogen and oxygen atoms in total. The number of carbonyl (C=O) groups is 1. The molecule has 3 aromatic rings. The lowest BCUT2D eigenvalue weighted by Gasteiger charge is -2.33. The minimum atomic E-state index is -0.487. The highest BCUT2D eigenvalue weighted by molar-refractivity contribution is 5.97. The molecule has 0 aliphatic carbocycles. The van der Waals surface area contributed by atoms with Crippen LogP contribution in [-0.4, -0.2) is 41.9 Å². The number of likely N-dealkylation sites (tertiary alicyclic amines) is 1. The van der Waals surface area contributed by atoms with Crippen molar-refractivity contribution in [3.05, 3.63) is 59.4 Å². The Kier molecular flexibility index (Phi) is 6.97. The predicted molar refractivity (Wildman–Crippen MR) is 147 cm³/mol. The number of allylic oxidation sites excluding steroid dienone is 1. The summed E-state index contributed by atoms with van der Waals surface area (Å²) in [4.78, 5) is 14.1. The molecular formula is C30H33N3O5. The summed E-state index contributed by atoms with van der Waals surface area (Å²) in [5, 5.41) is 20.0. The highest BCUT2D eigenvalue weighted by Crippen LogP contribution is 2.42. The molecule has 1 aromatic heterocycles. The van der Waals surface area contributed by atoms with E-state index in [1.165, 1.54) is 0 Å². The number of nitrogens with zero attached hydrogens (tertiary/aromatic N) is 3. The summed E-state index contributed by atoms with van der Waals surface area (Å²) in [6.07, 6.45) is 8.27. The van der Waals surface area contributed by atoms with Crippen molar-refractivity contribution in [2.45, 2.75) is 45.6 Å². The fraction of sp³-hybridized carbons (Fsp3) is 0.367. The van der Waals surface area contributed by atoms with E-state index in [9.17, 15) is 9.90 Å². The van der Waals surface area contributed by atoms with Crippen LogP contribution in [0.15, 0.2) is 57.1 Å². The molecule has 1 saturated heterocycles. The lowest BCUT2D eigenvalue weighted by Crippen LogP contribution is -2.41. The van der Waals surface area contributed by atoms with E-state index in [1.807, 2.05) is 57.2 Å². The summed E-state index contributed by atoms with van der Waals surface area (Å²) in [6, 6.07) is 11.3. The smallest absolute Gasteiger partial charge is 0.410 e. The molecular weight excluding hydrogens is 482 g/mol. The number of hydrogen-bond acceptors (Lipinski definition) is 7. The van der Waals surface area contributed by atoms with Crippen LogP contribution in [0.4, 0.5) is 10.5 Å². The topological polar surface area (TPSA) is 96.9 Å². The van der Waals surface area contributed by atoms with Crippen LogP contribution >= 0.6 is 0 Å². The molecule has 8 heteroatoms. The van der Waals surface area contributed by atoms with Crippen molar-refractivity contribution in [3.8, 4) is 11.5 Å². The highest BCUT2D eigenvalue weighted by Gasteiger charge is 2.26. The van der Waals surface area contributed by atoms with E-state index in [-0.39, 0.29) is 11.8 Å². The average molecular weight is 516 g/mol. The Bertz CT molecular complexity index is 1440. The number of ether oxygens (including phenoxy) is 2. The Morgan fingerprint density at radius 1 is 1.16 bits per heavy atom. The second kappa shape index (κ2) is 10.4. The minimum Gasteiger partial charge on any atom is -0.504 e. The third-order valence-electron chi connectivity index (χ3n) is 6.81. The third kappa shape index (κ3) is 5.30. The van der Waals surface area contributed by atoms with Gasteiger partial charge in [0.15, 0.2) is 11.5 Å². The number of amides is 1. The van der Waals surface area contributed by atoms with Gasteiger partial charge in [0.2, 0.25) is 0 Å². The largest absolute Gasteiger partial charge is 0.504 e. The maximum absolute atomic E-state index is 12.3. The van der Waals surface area contributed by atoms with Crippen LogP contribution in [0.25, 0.3) is 28.8 Å². The van der Waals surface area contributed by atoms with Gasteiger partial charge in [-0.05, 0) is 64.2 Å². The second-order valence-corrected chi connectivity index (χ2v) is 10.7. The molecule has 0 unspecified atom stereocenters. The maximum atomic E-state index is 12.3. The Labute approximate surface area is 222 Å². The summed E-state index contributed by atoms with van der Waals surface area (Å²) in [5.74, 6) is 1.50. The van der Waals surface area contributed by atoms with Gasteiger partial charge in [0.1, 0.15) is 16.9 Å². The fourth-order valence-electron chi connectivity index (χ4n) is 4.83. The number of rotatable bonds is 5. The Balaban J connectivity index is 1.32. The number of methoxy groups -OCH3 is 1. The molecule has 0 radical (unpaired) electrons. The number of azo groups is 1. The van der Waals surface area contributed by atoms with Gasteiger partial charge in [-0.15, -0.1) is 10.2 Å². The summed E-state index contributed by atoms with van der Waals surface area (Å²) in [7, 11) is 1.62. The molecule has 1 N–H and O–H groups in total. The van der Waals surface area contributed by atoms with Crippen LogP contribution in [0.5, 0.6) is 11.5 Å². The Morgan fingerprint density at radius 2 is 1.92 bits per heavy atom. The molecule has 3 heterocycles. The van der Waals surface area contributed by atoms with Crippen LogP contribution < -0.4 is 4.74 Å². The molecule has 1 fully saturated rings. The van der Waals surface area contributed by atoms with Crippen LogP contribution in [-0.2, 0) is 4.74 Å². The van der Waals surface area contributed by atoms with E-state index >= 15 is 0 Å². The van der Waals surface area contributed by atoms with Crippen molar-refractivity contribution >= 4 is 40.6 Å². The van der Waals surface area contributed by atoms with E-state index in [0.717, 1.165) is 36.1 Å². The molecule has 0 spiro atoms. The van der Waals surface area contributed by atoms with Gasteiger partial charge >= 0.3 is 6.09 Å². The van der Waals surface area contributed by atoms with Crippen molar-refractivity contribution in [3.63, 3.8) is 0 Å². The van der Waals surface area contributed by atoms with E-state index in [4.69, 9.17) is 13.9 Å². The van der Waals surface area contributed by atoms with Crippen molar-refractivity contribution < 1.29 is 23.8 Å². The standard InChI is InChI=1S/C30H33N3O5/c1-30(2,3)38-29(35)33-16-14-19(15-17-33)8-7-10-21-25(36-4)13-12-22-27(34)26(37-28(21)22)18-24-20-9-5-6-11-23(20)31-32-24/h5-7,9-13,18-19,34H,8,14-17H2,1-4H3/b10-7+,24-18?. The minimum absolute atomic E-state index is 0.0545. The van der Waals surface area contributed by atoms with E-state index < -0.39 is 5.60 Å². The lowest BCUT2D eigenvalue weighted by atomic mass is 9.93. The Hall–Kier alpha value is -4.07. The zero-order valence-corrected chi connectivity index (χ0v) is 22.2. The SMILES string of the molecule is COc1ccc2c(O)c(C=C3N=Nc4ccccc43)oc2c1/C=C/CC1CCN(C(=O)OC(C)(C)C)CC1. The first-order valence-electron chi connectivity index (χ1n) is 12.9. The van der Waals surface area contributed by atoms with Gasteiger partial charge in [-0.1, -0.05) is 30.4 Å². The average Bonchev–Trinajstić information content (AvgIpc) is 3.44. The van der Waals surface area contributed by atoms with Gasteiger partial charge in [-0.3, -0.25) is 0 Å². The fourth-order valence-corrected chi connectivity index (χ4v) is 4.83. The number of piperidine rings is 1. The van der Waals surface area contributed by atoms with Crippen LogP contribution in [0, 0.1) is 5.92 Å². The molecule has 198 valence electrons. The van der Waals surface area contributed by atoms with E-state index in [1.54, 1.807) is 24.2 Å². The molecule has 0 atom stereocenters. The zero-order chi connectivity index (χ0) is 26.9. The van der Waals surface area contributed by atoms with Crippen molar-refractivity contribution in [2.75, 3.05) is 20.2 Å². The molecule has 5 rings (SSSR count). The van der Waals surface area contributed by atoms with Crippen LogP contribution in [0.1, 0.15) is 56.9 Å². The molecule has 0 bridgehead atoms. The number of aromatic hydroxyl groups is 1. The van der Waals surface area contributed by atoms with E-state index in [0.29, 0.717) is 47.2 Å². The third-order valence-corrected chi connectivity index (χ3v) is 6.81. The van der Waals surface area contributed by atoms with Crippen LogP contribution in [0.2, 0.25) is 0 Å². The quantitative estimate of drug-likeness (QED) is 0.374. The summed E-state index contributed by atoms with van der Waals surface area (Å²) in [6.45, 7) is 7.03. The van der Waals surface area contributed by atoms with E-state index in [2.05, 4.69) is 16.3 Å². The number of benzene rings is 2. The molecule has 2 aliphatic rings. The maximum Gasteiger partial charge on any atom is 0.410 e. The van der Waals surface area contributed by atoms with Gasteiger partial charge in [0.25, 0.3) is 0 Å². The van der Waals surface area contributed by atoms with Gasteiger partial charge in [0.05, 0.1) is 29.4 Å². The van der Waals surface area contributed by atoms with Gasteiger partial charge < -0.3 is 23.9 Å². The molecule has 0 saturated carbocycles. The van der Waals surface area contributed by atoms with Gasteiger partial charge in [0, 0.05) is 24.7 Å². The van der Waals surface area contributed by atoms with Gasteiger partial charge in [-0.2, -0.15) is 0 Å². The second-order valence-electron chi connectivity index (χ2n) is 10.7. The molecule has 2 aliphatic heterocycles. The number of hydrogen-bond donors (Lipinski definition) is 1. The van der Waals surface area contributed by atoms with Crippen molar-refractivity contribution in [1.82, 2.24) is 4.90 Å². The first-order valence-corrected chi connectivity index (χ1v) is 12.9. The number of furan rings is 1. The Morgan fingerprint density at radius 3 is 2.66 bits per heavy atom. The molecule has 2 aromatic carbocycles. The monoisotopic (exact) mass is 515 g/mol. The first kappa shape index (κ1) is 25.6. The van der Waals surface area contributed by atoms with Crippen molar-refractivity contribution in [2.24, 2.45) is 16.1 Å². The molecule has 38 heavy (non-hydrogen) atoms. The van der Waals surface area contributed by atoms with Crippen molar-refractivity contribution in [1.29, 1.82) is 0 Å². The number of fused-ring (bicyclic) bond motifs is 2. The first-order chi connectivity index (χ1) is 18.2. The summed E-state index contributed by atoms with van der Waals surface area (Å²) >= 11 is 0. The van der Waals surface area contributed by atoms with Gasteiger partial charge in [-0.25, -0.2) is 4.79 Å². The highest BCUT2D eigenvalue weighted by atomic mass is 16.6. The number of carbonyl (C=O) groups excluding carboxylic acids is 1. The lowest BCUT2D eigenvalue weighted by molar-refractivity contribution is 0.0185. The summed E-state index contributed by atoms with van der Waals surface area (Å²) in [5.41, 5.74) is 3.15. The zero-order valence-electron chi connectivity index (χ0n) is 22.2. The van der Waals surface area contributed by atoms with Crippen LogP contribution in [0.3, 0.4) is 0 Å². The normalized spacial score (nSPS) is 17.1.